The Morgan fingerprint density at radius 2 is 1.36 bits per heavy atom. The molecule has 2 bridgehead atoms. The van der Waals surface area contributed by atoms with Crippen LogP contribution in [0.3, 0.4) is 0 Å². The second kappa shape index (κ2) is 5.02. The van der Waals surface area contributed by atoms with E-state index in [1.807, 2.05) is 43.3 Å². The number of aryl methyl sites for hydroxylation is 1. The Kier molecular flexibility index (Phi) is 2.98. The summed E-state index contributed by atoms with van der Waals surface area (Å²) in [4.78, 5) is 30.2. The molecule has 0 aromatic heterocycles. The molecule has 0 N–H and O–H groups in total. The first-order valence-corrected chi connectivity index (χ1v) is 8.92. The van der Waals surface area contributed by atoms with Gasteiger partial charge in [-0.25, -0.2) is 4.90 Å². The van der Waals surface area contributed by atoms with Gasteiger partial charge < -0.3 is 0 Å². The summed E-state index contributed by atoms with van der Waals surface area (Å²) in [5, 5.41) is 0. The van der Waals surface area contributed by atoms with Crippen LogP contribution in [-0.2, 0) is 9.59 Å². The highest BCUT2D eigenvalue weighted by Gasteiger charge is 2.66. The van der Waals surface area contributed by atoms with Crippen molar-refractivity contribution in [3.05, 3.63) is 65.2 Å². The van der Waals surface area contributed by atoms with E-state index in [0.29, 0.717) is 5.69 Å². The molecule has 3 aliphatic rings. The van der Waals surface area contributed by atoms with Crippen molar-refractivity contribution in [3.63, 3.8) is 0 Å². The summed E-state index contributed by atoms with van der Waals surface area (Å²) in [6.45, 7) is 4.96. The molecule has 2 fully saturated rings. The highest BCUT2D eigenvalue weighted by Crippen LogP contribution is 2.62. The largest absolute Gasteiger partial charge is 0.288 e. The minimum atomic E-state index is -0.256. The standard InChI is InChI=1S/C21H20N2O2/c1-3-22-18-14-6-4-5-7-15(14)19(22)17-16(18)20(24)23(21(17)25)13-10-8-12(2)9-11-13/h4-11,16-19H,3H2,1-2H3/t16-,17+,18-,19+. The van der Waals surface area contributed by atoms with Gasteiger partial charge in [-0.15, -0.1) is 0 Å². The van der Waals surface area contributed by atoms with E-state index in [-0.39, 0.29) is 35.7 Å². The lowest BCUT2D eigenvalue weighted by Gasteiger charge is -2.25. The smallest absolute Gasteiger partial charge is 0.239 e. The molecule has 4 heteroatoms. The molecular formula is C21H20N2O2. The second-order valence-electron chi connectivity index (χ2n) is 7.25. The molecule has 126 valence electrons. The zero-order valence-corrected chi connectivity index (χ0v) is 14.3. The third kappa shape index (κ3) is 1.75. The average molecular weight is 332 g/mol. The van der Waals surface area contributed by atoms with Crippen molar-refractivity contribution in [2.45, 2.75) is 25.9 Å². The highest BCUT2D eigenvalue weighted by molar-refractivity contribution is 6.23. The quantitative estimate of drug-likeness (QED) is 0.793. The van der Waals surface area contributed by atoms with Gasteiger partial charge in [0.05, 0.1) is 17.5 Å². The van der Waals surface area contributed by atoms with E-state index in [4.69, 9.17) is 0 Å². The molecule has 0 aliphatic carbocycles. The van der Waals surface area contributed by atoms with Crippen LogP contribution in [0.1, 0.15) is 35.7 Å². The Balaban J connectivity index is 1.61. The fourth-order valence-electron chi connectivity index (χ4n) is 5.10. The van der Waals surface area contributed by atoms with E-state index >= 15 is 0 Å². The fraction of sp³-hybridized carbons (Fsp3) is 0.333. The summed E-state index contributed by atoms with van der Waals surface area (Å²) in [6, 6.07) is 16.0. The molecule has 3 heterocycles. The van der Waals surface area contributed by atoms with E-state index in [9.17, 15) is 9.59 Å². The third-order valence-corrected chi connectivity index (χ3v) is 6.08. The van der Waals surface area contributed by atoms with Crippen LogP contribution >= 0.6 is 0 Å². The van der Waals surface area contributed by atoms with Gasteiger partial charge in [-0.2, -0.15) is 0 Å². The molecule has 2 amide bonds. The third-order valence-electron chi connectivity index (χ3n) is 6.08. The van der Waals surface area contributed by atoms with E-state index < -0.39 is 0 Å². The first kappa shape index (κ1) is 14.8. The van der Waals surface area contributed by atoms with Gasteiger partial charge in [-0.05, 0) is 36.7 Å². The molecule has 25 heavy (non-hydrogen) atoms. The van der Waals surface area contributed by atoms with Gasteiger partial charge in [0.2, 0.25) is 11.8 Å². The number of amides is 2. The molecule has 5 rings (SSSR count). The van der Waals surface area contributed by atoms with Crippen molar-refractivity contribution in [3.8, 4) is 0 Å². The number of hydrogen-bond acceptors (Lipinski definition) is 3. The Labute approximate surface area is 147 Å². The van der Waals surface area contributed by atoms with Gasteiger partial charge in [0.25, 0.3) is 0 Å². The SMILES string of the molecule is CCN1[C@@H]2c3ccccc3[C@H]1[C@H]1C(=O)N(c3ccc(C)cc3)C(=O)[C@H]12. The molecule has 2 aromatic carbocycles. The summed E-state index contributed by atoms with van der Waals surface area (Å²) in [7, 11) is 0. The number of carbonyl (C=O) groups is 2. The monoisotopic (exact) mass is 332 g/mol. The maximum atomic E-state index is 13.2. The maximum absolute atomic E-state index is 13.2. The molecular weight excluding hydrogens is 312 g/mol. The zero-order valence-electron chi connectivity index (χ0n) is 14.3. The maximum Gasteiger partial charge on any atom is 0.239 e. The number of nitrogens with zero attached hydrogens (tertiary/aromatic N) is 2. The first-order chi connectivity index (χ1) is 12.1. The van der Waals surface area contributed by atoms with Crippen molar-refractivity contribution in [1.29, 1.82) is 0 Å². The van der Waals surface area contributed by atoms with E-state index in [1.54, 1.807) is 0 Å². The molecule has 0 unspecified atom stereocenters. The predicted octanol–water partition coefficient (Wildman–Crippen LogP) is 3.23. The number of anilines is 1. The summed E-state index contributed by atoms with van der Waals surface area (Å²) < 4.78 is 0. The second-order valence-corrected chi connectivity index (χ2v) is 7.25. The van der Waals surface area contributed by atoms with Crippen LogP contribution in [-0.4, -0.2) is 23.3 Å². The van der Waals surface area contributed by atoms with Crippen LogP contribution in [0.4, 0.5) is 5.69 Å². The highest BCUT2D eigenvalue weighted by atomic mass is 16.2. The average Bonchev–Trinajstić information content (AvgIpc) is 3.22. The van der Waals surface area contributed by atoms with Crippen molar-refractivity contribution >= 4 is 17.5 Å². The van der Waals surface area contributed by atoms with Crippen molar-refractivity contribution in [1.82, 2.24) is 4.90 Å². The van der Waals surface area contributed by atoms with Crippen molar-refractivity contribution in [2.75, 3.05) is 11.4 Å². The van der Waals surface area contributed by atoms with Gasteiger partial charge in [-0.1, -0.05) is 48.9 Å². The number of rotatable bonds is 2. The number of benzene rings is 2. The van der Waals surface area contributed by atoms with Gasteiger partial charge in [-0.3, -0.25) is 14.5 Å². The predicted molar refractivity (Wildman–Crippen MR) is 95.0 cm³/mol. The van der Waals surface area contributed by atoms with Crippen molar-refractivity contribution < 1.29 is 9.59 Å². The Bertz CT molecular complexity index is 840. The van der Waals surface area contributed by atoms with Gasteiger partial charge in [0.1, 0.15) is 0 Å². The minimum absolute atomic E-state index is 0.0306. The molecule has 0 saturated carbocycles. The molecule has 2 saturated heterocycles. The fourth-order valence-corrected chi connectivity index (χ4v) is 5.10. The van der Waals surface area contributed by atoms with E-state index in [0.717, 1.165) is 12.1 Å². The van der Waals surface area contributed by atoms with Crippen LogP contribution < -0.4 is 4.90 Å². The summed E-state index contributed by atoms with van der Waals surface area (Å²) >= 11 is 0. The summed E-state index contributed by atoms with van der Waals surface area (Å²) in [5.41, 5.74) is 4.26. The molecule has 0 radical (unpaired) electrons. The van der Waals surface area contributed by atoms with Crippen LogP contribution in [0, 0.1) is 18.8 Å². The number of imide groups is 1. The van der Waals surface area contributed by atoms with Gasteiger partial charge in [0, 0.05) is 12.1 Å². The molecule has 4 nitrogen and oxygen atoms in total. The summed E-state index contributed by atoms with van der Waals surface area (Å²) in [6.07, 6.45) is 0. The van der Waals surface area contributed by atoms with Crippen LogP contribution in [0.5, 0.6) is 0 Å². The lowest BCUT2D eigenvalue weighted by Crippen LogP contribution is -2.36. The zero-order chi connectivity index (χ0) is 17.3. The van der Waals surface area contributed by atoms with Crippen molar-refractivity contribution in [2.24, 2.45) is 11.8 Å². The number of carbonyl (C=O) groups excluding carboxylic acids is 2. The molecule has 0 spiro atoms. The lowest BCUT2D eigenvalue weighted by molar-refractivity contribution is -0.123. The molecule has 4 atom stereocenters. The normalized spacial score (nSPS) is 30.1. The van der Waals surface area contributed by atoms with Crippen LogP contribution in [0.2, 0.25) is 0 Å². The van der Waals surface area contributed by atoms with Gasteiger partial charge >= 0.3 is 0 Å². The van der Waals surface area contributed by atoms with E-state index in [2.05, 4.69) is 24.0 Å². The Hall–Kier alpha value is -2.46. The van der Waals surface area contributed by atoms with E-state index in [1.165, 1.54) is 16.0 Å². The number of fused-ring (bicyclic) bond motifs is 8. The number of hydrogen-bond donors (Lipinski definition) is 0. The summed E-state index contributed by atoms with van der Waals surface area (Å²) in [5.74, 6) is -0.596. The topological polar surface area (TPSA) is 40.6 Å². The minimum Gasteiger partial charge on any atom is -0.288 e. The Morgan fingerprint density at radius 3 is 1.84 bits per heavy atom. The first-order valence-electron chi connectivity index (χ1n) is 8.92. The van der Waals surface area contributed by atoms with Crippen LogP contribution in [0.15, 0.2) is 48.5 Å². The Morgan fingerprint density at radius 1 is 0.840 bits per heavy atom. The lowest BCUT2D eigenvalue weighted by atomic mass is 9.77. The van der Waals surface area contributed by atoms with Crippen LogP contribution in [0.25, 0.3) is 0 Å². The molecule has 3 aliphatic heterocycles. The van der Waals surface area contributed by atoms with Gasteiger partial charge in [0.15, 0.2) is 0 Å². The molecule has 2 aromatic rings.